The van der Waals surface area contributed by atoms with Crippen molar-refractivity contribution in [1.29, 1.82) is 0 Å². The lowest BCUT2D eigenvalue weighted by molar-refractivity contribution is -0.138. The van der Waals surface area contributed by atoms with Crippen LogP contribution in [0.3, 0.4) is 0 Å². The average molecular weight is 365 g/mol. The molecule has 2 atom stereocenters. The molecule has 0 bridgehead atoms. The van der Waals surface area contributed by atoms with E-state index in [2.05, 4.69) is 48.2 Å². The highest BCUT2D eigenvalue weighted by atomic mass is 32.1. The molecule has 0 aromatic carbocycles. The number of thiazole rings is 1. The number of amides is 1. The fourth-order valence-electron chi connectivity index (χ4n) is 3.69. The van der Waals surface area contributed by atoms with Crippen molar-refractivity contribution in [2.24, 2.45) is 5.92 Å². The standard InChI is InChI=1S/C19H32N4OS/c1-14-11-15(5-6-20-14)17(24)23-9-7-22(8-10-23)12-16-13-25-18(21-16)19(2,3)4/h13-15,20H,5-12H2,1-4H3/t14-,15-/m0/s1. The molecule has 0 spiro atoms. The summed E-state index contributed by atoms with van der Waals surface area (Å²) in [5.41, 5.74) is 1.29. The monoisotopic (exact) mass is 364 g/mol. The van der Waals surface area contributed by atoms with Crippen LogP contribution in [0.4, 0.5) is 0 Å². The number of carbonyl (C=O) groups excluding carboxylic acids is 1. The van der Waals surface area contributed by atoms with Crippen LogP contribution in [0.15, 0.2) is 5.38 Å². The molecule has 3 heterocycles. The Morgan fingerprint density at radius 1 is 1.32 bits per heavy atom. The van der Waals surface area contributed by atoms with Crippen molar-refractivity contribution in [3.05, 3.63) is 16.1 Å². The number of carbonyl (C=O) groups is 1. The molecular formula is C19H32N4OS. The molecule has 1 aromatic heterocycles. The van der Waals surface area contributed by atoms with Crippen molar-refractivity contribution in [2.45, 2.75) is 58.5 Å². The van der Waals surface area contributed by atoms with Gasteiger partial charge in [-0.15, -0.1) is 11.3 Å². The van der Waals surface area contributed by atoms with E-state index in [4.69, 9.17) is 4.98 Å². The van der Waals surface area contributed by atoms with E-state index in [0.29, 0.717) is 11.9 Å². The van der Waals surface area contributed by atoms with Crippen LogP contribution in [0.1, 0.15) is 51.2 Å². The fraction of sp³-hybridized carbons (Fsp3) is 0.789. The van der Waals surface area contributed by atoms with Crippen LogP contribution < -0.4 is 5.32 Å². The molecule has 0 radical (unpaired) electrons. The summed E-state index contributed by atoms with van der Waals surface area (Å²) < 4.78 is 0. The molecule has 1 aromatic rings. The molecule has 2 aliphatic rings. The van der Waals surface area contributed by atoms with Crippen LogP contribution in [-0.2, 0) is 16.8 Å². The summed E-state index contributed by atoms with van der Waals surface area (Å²) in [4.78, 5) is 22.1. The number of nitrogens with one attached hydrogen (secondary N) is 1. The quantitative estimate of drug-likeness (QED) is 0.895. The number of piperidine rings is 1. The first-order valence-corrected chi connectivity index (χ1v) is 10.4. The first-order chi connectivity index (χ1) is 11.8. The van der Waals surface area contributed by atoms with Crippen molar-refractivity contribution >= 4 is 17.2 Å². The number of rotatable bonds is 3. The summed E-state index contributed by atoms with van der Waals surface area (Å²) in [5, 5.41) is 6.83. The lowest BCUT2D eigenvalue weighted by atomic mass is 9.92. The molecule has 3 rings (SSSR count). The minimum atomic E-state index is 0.125. The largest absolute Gasteiger partial charge is 0.340 e. The van der Waals surface area contributed by atoms with Crippen molar-refractivity contribution < 1.29 is 4.79 Å². The SMILES string of the molecule is C[C@H]1C[C@@H](C(=O)N2CCN(Cc3csc(C(C)(C)C)n3)CC2)CCN1. The van der Waals surface area contributed by atoms with Crippen molar-refractivity contribution in [3.63, 3.8) is 0 Å². The van der Waals surface area contributed by atoms with Gasteiger partial charge in [-0.3, -0.25) is 9.69 Å². The molecule has 1 N–H and O–H groups in total. The highest BCUT2D eigenvalue weighted by Gasteiger charge is 2.30. The maximum absolute atomic E-state index is 12.7. The summed E-state index contributed by atoms with van der Waals surface area (Å²) in [6.45, 7) is 14.3. The Bertz CT molecular complexity index is 586. The lowest BCUT2D eigenvalue weighted by Crippen LogP contribution is -2.51. The second-order valence-corrected chi connectivity index (χ2v) is 9.43. The van der Waals surface area contributed by atoms with Gasteiger partial charge in [-0.2, -0.15) is 0 Å². The molecule has 2 fully saturated rings. The molecule has 0 saturated carbocycles. The van der Waals surface area contributed by atoms with Gasteiger partial charge in [0.1, 0.15) is 0 Å². The third kappa shape index (κ3) is 4.80. The Morgan fingerprint density at radius 2 is 2.04 bits per heavy atom. The highest BCUT2D eigenvalue weighted by molar-refractivity contribution is 7.09. The molecule has 2 saturated heterocycles. The molecular weight excluding hydrogens is 332 g/mol. The van der Waals surface area contributed by atoms with E-state index in [0.717, 1.165) is 52.1 Å². The number of piperazine rings is 1. The summed E-state index contributed by atoms with van der Waals surface area (Å²) >= 11 is 1.76. The molecule has 1 amide bonds. The fourth-order valence-corrected chi connectivity index (χ4v) is 4.59. The maximum atomic E-state index is 12.7. The average Bonchev–Trinajstić information content (AvgIpc) is 3.04. The minimum absolute atomic E-state index is 0.125. The molecule has 25 heavy (non-hydrogen) atoms. The van der Waals surface area contributed by atoms with Crippen LogP contribution in [0.5, 0.6) is 0 Å². The Kier molecular flexibility index (Phi) is 5.81. The normalized spacial score (nSPS) is 26.0. The zero-order valence-corrected chi connectivity index (χ0v) is 16.9. The summed E-state index contributed by atoms with van der Waals surface area (Å²) in [7, 11) is 0. The maximum Gasteiger partial charge on any atom is 0.225 e. The van der Waals surface area contributed by atoms with Gasteiger partial charge in [-0.05, 0) is 26.3 Å². The molecule has 0 unspecified atom stereocenters. The first-order valence-electron chi connectivity index (χ1n) is 9.52. The van der Waals surface area contributed by atoms with Gasteiger partial charge in [0.15, 0.2) is 0 Å². The summed E-state index contributed by atoms with van der Waals surface area (Å²) in [6, 6.07) is 0.464. The van der Waals surface area contributed by atoms with Gasteiger partial charge in [0.05, 0.1) is 10.7 Å². The van der Waals surface area contributed by atoms with E-state index in [-0.39, 0.29) is 11.3 Å². The molecule has 140 valence electrons. The Hall–Kier alpha value is -0.980. The van der Waals surface area contributed by atoms with Gasteiger partial charge in [0.25, 0.3) is 0 Å². The van der Waals surface area contributed by atoms with Crippen molar-refractivity contribution in [3.8, 4) is 0 Å². The zero-order valence-electron chi connectivity index (χ0n) is 16.0. The number of nitrogens with zero attached hydrogens (tertiary/aromatic N) is 3. The minimum Gasteiger partial charge on any atom is -0.340 e. The topological polar surface area (TPSA) is 48.5 Å². The third-order valence-corrected chi connectivity index (χ3v) is 6.55. The second kappa shape index (κ2) is 7.72. The van der Waals surface area contributed by atoms with Crippen LogP contribution in [0.25, 0.3) is 0 Å². The first kappa shape index (κ1) is 18.8. The van der Waals surface area contributed by atoms with Crippen molar-refractivity contribution in [2.75, 3.05) is 32.7 Å². The smallest absolute Gasteiger partial charge is 0.225 e. The molecule has 0 aliphatic carbocycles. The lowest BCUT2D eigenvalue weighted by Gasteiger charge is -2.37. The van der Waals surface area contributed by atoms with Gasteiger partial charge in [0.2, 0.25) is 5.91 Å². The highest BCUT2D eigenvalue weighted by Crippen LogP contribution is 2.26. The van der Waals surface area contributed by atoms with Gasteiger partial charge < -0.3 is 10.2 Å². The molecule has 5 nitrogen and oxygen atoms in total. The van der Waals surface area contributed by atoms with E-state index in [1.807, 2.05) is 0 Å². The van der Waals surface area contributed by atoms with Gasteiger partial charge in [-0.1, -0.05) is 20.8 Å². The predicted octanol–water partition coefficient (Wildman–Crippen LogP) is 2.47. The third-order valence-electron chi connectivity index (χ3n) is 5.24. The predicted molar refractivity (Wildman–Crippen MR) is 103 cm³/mol. The number of hydrogen-bond acceptors (Lipinski definition) is 5. The van der Waals surface area contributed by atoms with E-state index >= 15 is 0 Å². The van der Waals surface area contributed by atoms with Gasteiger partial charge in [0, 0.05) is 55.5 Å². The molecule has 6 heteroatoms. The van der Waals surface area contributed by atoms with Crippen LogP contribution >= 0.6 is 11.3 Å². The van der Waals surface area contributed by atoms with Crippen LogP contribution in [0.2, 0.25) is 0 Å². The Balaban J connectivity index is 1.48. The Labute approximate surface area is 155 Å². The van der Waals surface area contributed by atoms with E-state index in [9.17, 15) is 4.79 Å². The second-order valence-electron chi connectivity index (χ2n) is 8.57. The van der Waals surface area contributed by atoms with Crippen molar-refractivity contribution in [1.82, 2.24) is 20.1 Å². The Morgan fingerprint density at radius 3 is 2.64 bits per heavy atom. The zero-order chi connectivity index (χ0) is 18.0. The van der Waals surface area contributed by atoms with E-state index < -0.39 is 0 Å². The van der Waals surface area contributed by atoms with Crippen LogP contribution in [-0.4, -0.2) is 59.5 Å². The summed E-state index contributed by atoms with van der Waals surface area (Å²) in [6.07, 6.45) is 1.96. The van der Waals surface area contributed by atoms with E-state index in [1.165, 1.54) is 10.7 Å². The van der Waals surface area contributed by atoms with Crippen LogP contribution in [0, 0.1) is 5.92 Å². The number of aromatic nitrogens is 1. The van der Waals surface area contributed by atoms with Gasteiger partial charge >= 0.3 is 0 Å². The number of hydrogen-bond donors (Lipinski definition) is 1. The summed E-state index contributed by atoms with van der Waals surface area (Å²) in [5.74, 6) is 0.590. The van der Waals surface area contributed by atoms with E-state index in [1.54, 1.807) is 11.3 Å². The molecule has 2 aliphatic heterocycles. The van der Waals surface area contributed by atoms with Gasteiger partial charge in [-0.25, -0.2) is 4.98 Å².